The maximum absolute atomic E-state index is 12.9. The van der Waals surface area contributed by atoms with Crippen molar-refractivity contribution in [3.05, 3.63) is 47.4 Å². The molecule has 0 atom stereocenters. The number of ketones is 1. The number of aromatic nitrogens is 2. The van der Waals surface area contributed by atoms with Crippen LogP contribution < -0.4 is 15.5 Å². The average molecular weight is 331 g/mol. The maximum Gasteiger partial charge on any atom is 0.213 e. The lowest BCUT2D eigenvalue weighted by Crippen LogP contribution is -2.29. The molecule has 1 fully saturated rings. The summed E-state index contributed by atoms with van der Waals surface area (Å²) in [7, 11) is 1.81. The number of nitrogens with zero attached hydrogens (tertiary/aromatic N) is 3. The van der Waals surface area contributed by atoms with Crippen LogP contribution in [-0.2, 0) is 0 Å². The maximum atomic E-state index is 12.9. The van der Waals surface area contributed by atoms with Crippen LogP contribution in [0.2, 0.25) is 0 Å². The highest BCUT2D eigenvalue weighted by molar-refractivity contribution is 6.09. The molecule has 2 aromatic heterocycles. The number of carbonyl (C=O) groups excluding carboxylic acids is 1. The van der Waals surface area contributed by atoms with Gasteiger partial charge in [-0.3, -0.25) is 9.78 Å². The number of hydrogen-bond acceptors (Lipinski definition) is 6. The lowest BCUT2D eigenvalue weighted by Gasteiger charge is -2.21. The molecule has 3 heterocycles. The largest absolute Gasteiger partial charge is 0.387 e. The minimum atomic E-state index is -0.0908. The predicted molar refractivity (Wildman–Crippen MR) is 102 cm³/mol. The molecule has 0 bridgehead atoms. The fourth-order valence-corrected chi connectivity index (χ4v) is 2.84. The third-order valence-electron chi connectivity index (χ3n) is 4.25. The highest BCUT2D eigenvalue weighted by atomic mass is 16.1. The van der Waals surface area contributed by atoms with E-state index >= 15 is 0 Å². The fraction of sp³-hybridized carbons (Fsp3) is 0.389. The van der Waals surface area contributed by atoms with Crippen LogP contribution in [0.4, 0.5) is 11.5 Å². The number of pyridine rings is 2. The van der Waals surface area contributed by atoms with Gasteiger partial charge >= 0.3 is 0 Å². The van der Waals surface area contributed by atoms with Crippen LogP contribution in [0.1, 0.15) is 32.4 Å². The van der Waals surface area contributed by atoms with E-state index in [0.717, 1.165) is 44.1 Å². The average Bonchev–Trinajstić information content (AvgIpc) is 2.91. The van der Waals surface area contributed by atoms with Gasteiger partial charge < -0.3 is 15.5 Å². The molecule has 1 aliphatic heterocycles. The van der Waals surface area contributed by atoms with Crippen molar-refractivity contribution in [2.24, 2.45) is 0 Å². The quantitative estimate of drug-likeness (QED) is 0.839. The van der Waals surface area contributed by atoms with Gasteiger partial charge in [0.25, 0.3) is 0 Å². The molecule has 0 unspecified atom stereocenters. The molecule has 6 heteroatoms. The van der Waals surface area contributed by atoms with Gasteiger partial charge in [-0.25, -0.2) is 4.98 Å². The molecule has 0 aromatic carbocycles. The van der Waals surface area contributed by atoms with Gasteiger partial charge in [-0.2, -0.15) is 0 Å². The van der Waals surface area contributed by atoms with Gasteiger partial charge in [-0.05, 0) is 38.1 Å². The summed E-state index contributed by atoms with van der Waals surface area (Å²) in [6, 6.07) is 7.47. The molecule has 24 heavy (non-hydrogen) atoms. The second-order valence-electron chi connectivity index (χ2n) is 5.91. The third-order valence-corrected chi connectivity index (χ3v) is 4.25. The summed E-state index contributed by atoms with van der Waals surface area (Å²) < 4.78 is 0. The van der Waals surface area contributed by atoms with E-state index in [1.165, 1.54) is 0 Å². The Morgan fingerprint density at radius 1 is 1.33 bits per heavy atom. The lowest BCUT2D eigenvalue weighted by molar-refractivity contribution is 0.103. The molecule has 3 rings (SSSR count). The minimum Gasteiger partial charge on any atom is -0.387 e. The minimum absolute atomic E-state index is 0. The van der Waals surface area contributed by atoms with Crippen LogP contribution >= 0.6 is 0 Å². The van der Waals surface area contributed by atoms with Crippen LogP contribution in [0, 0.1) is 6.92 Å². The van der Waals surface area contributed by atoms with Crippen LogP contribution in [0.5, 0.6) is 0 Å². The fourth-order valence-electron chi connectivity index (χ4n) is 2.84. The van der Waals surface area contributed by atoms with E-state index < -0.39 is 0 Å². The summed E-state index contributed by atoms with van der Waals surface area (Å²) in [5.74, 6) is 0.770. The lowest BCUT2D eigenvalue weighted by atomic mass is 10.1. The van der Waals surface area contributed by atoms with Gasteiger partial charge in [0.15, 0.2) is 0 Å². The van der Waals surface area contributed by atoms with Crippen molar-refractivity contribution in [1.82, 2.24) is 15.3 Å². The summed E-state index contributed by atoms with van der Waals surface area (Å²) in [5, 5.41) is 6.40. The Morgan fingerprint density at radius 2 is 2.21 bits per heavy atom. The SMILES string of the molecule is CNc1cnc(C)c(C(=O)c2cccc(N3CCCNCC3)n2)c1.[HH].[HH].[HH]. The van der Waals surface area contributed by atoms with Gasteiger partial charge in [0, 0.05) is 42.2 Å². The van der Waals surface area contributed by atoms with Gasteiger partial charge in [-0.1, -0.05) is 6.07 Å². The summed E-state index contributed by atoms with van der Waals surface area (Å²) in [5.41, 5.74) is 2.58. The van der Waals surface area contributed by atoms with Crippen LogP contribution in [0.25, 0.3) is 0 Å². The topological polar surface area (TPSA) is 70.2 Å². The van der Waals surface area contributed by atoms with Gasteiger partial charge in [0.05, 0.1) is 11.9 Å². The Kier molecular flexibility index (Phi) is 5.05. The molecule has 0 saturated carbocycles. The van der Waals surface area contributed by atoms with Crippen molar-refractivity contribution in [2.75, 3.05) is 43.4 Å². The molecule has 1 aliphatic rings. The first-order valence-electron chi connectivity index (χ1n) is 8.31. The normalized spacial score (nSPS) is 15.0. The van der Waals surface area contributed by atoms with Gasteiger partial charge in [-0.15, -0.1) is 0 Å². The van der Waals surface area contributed by atoms with Crippen molar-refractivity contribution in [3.8, 4) is 0 Å². The molecule has 2 aromatic rings. The predicted octanol–water partition coefficient (Wildman–Crippen LogP) is 2.60. The first kappa shape index (κ1) is 16.4. The smallest absolute Gasteiger partial charge is 0.213 e. The zero-order valence-electron chi connectivity index (χ0n) is 14.2. The monoisotopic (exact) mass is 331 g/mol. The van der Waals surface area contributed by atoms with Crippen molar-refractivity contribution in [3.63, 3.8) is 0 Å². The Balaban J connectivity index is 0.00000225. The number of aryl methyl sites for hydroxylation is 1. The molecule has 0 spiro atoms. The first-order valence-corrected chi connectivity index (χ1v) is 8.31. The number of rotatable bonds is 4. The second-order valence-corrected chi connectivity index (χ2v) is 5.91. The van der Waals surface area contributed by atoms with Gasteiger partial charge in [0.1, 0.15) is 11.5 Å². The Bertz CT molecular complexity index is 737. The van der Waals surface area contributed by atoms with E-state index in [4.69, 9.17) is 0 Å². The highest BCUT2D eigenvalue weighted by Gasteiger charge is 2.17. The molecule has 1 saturated heterocycles. The molecular formula is C18H29N5O. The number of hydrogen-bond donors (Lipinski definition) is 2. The zero-order valence-corrected chi connectivity index (χ0v) is 14.2. The van der Waals surface area contributed by atoms with Crippen molar-refractivity contribution < 1.29 is 9.07 Å². The van der Waals surface area contributed by atoms with Crippen molar-refractivity contribution >= 4 is 17.3 Å². The Labute approximate surface area is 146 Å². The van der Waals surface area contributed by atoms with Crippen LogP contribution in [0.3, 0.4) is 0 Å². The molecule has 2 N–H and O–H groups in total. The van der Waals surface area contributed by atoms with E-state index in [2.05, 4.69) is 25.5 Å². The molecule has 132 valence electrons. The summed E-state index contributed by atoms with van der Waals surface area (Å²) in [4.78, 5) is 24.0. The molecule has 6 nitrogen and oxygen atoms in total. The summed E-state index contributed by atoms with van der Waals surface area (Å²) in [6.45, 7) is 5.66. The van der Waals surface area contributed by atoms with E-state index in [1.54, 1.807) is 12.3 Å². The van der Waals surface area contributed by atoms with E-state index in [0.29, 0.717) is 17.0 Å². The number of carbonyl (C=O) groups is 1. The van der Waals surface area contributed by atoms with E-state index in [1.807, 2.05) is 32.2 Å². The van der Waals surface area contributed by atoms with E-state index in [9.17, 15) is 4.79 Å². The van der Waals surface area contributed by atoms with Gasteiger partial charge in [0.2, 0.25) is 5.78 Å². The Morgan fingerprint density at radius 3 is 3.04 bits per heavy atom. The van der Waals surface area contributed by atoms with Crippen LogP contribution in [0.15, 0.2) is 30.5 Å². The molecule has 0 radical (unpaired) electrons. The molecule has 0 aliphatic carbocycles. The summed E-state index contributed by atoms with van der Waals surface area (Å²) >= 11 is 0. The van der Waals surface area contributed by atoms with E-state index in [-0.39, 0.29) is 10.1 Å². The zero-order chi connectivity index (χ0) is 16.9. The van der Waals surface area contributed by atoms with Crippen molar-refractivity contribution in [1.29, 1.82) is 0 Å². The second kappa shape index (κ2) is 7.40. The van der Waals surface area contributed by atoms with Crippen LogP contribution in [-0.4, -0.2) is 49.0 Å². The standard InChI is InChI=1S/C18H23N5O.3H2/c1-13-15(11-14(19-2)12-21-13)18(24)16-5-3-6-17(22-16)23-9-4-7-20-8-10-23;;;/h3,5-6,11-12,19-20H,4,7-10H2,1-2H3;3*1H. The number of anilines is 2. The molecule has 0 amide bonds. The summed E-state index contributed by atoms with van der Waals surface area (Å²) in [6.07, 6.45) is 2.80. The highest BCUT2D eigenvalue weighted by Crippen LogP contribution is 2.18. The van der Waals surface area contributed by atoms with Crippen molar-refractivity contribution in [2.45, 2.75) is 13.3 Å². The number of nitrogens with one attached hydrogen (secondary N) is 2. The Hall–Kier alpha value is -2.47. The third kappa shape index (κ3) is 3.54. The first-order chi connectivity index (χ1) is 11.7. The molecular weight excluding hydrogens is 302 g/mol.